The first-order valence-corrected chi connectivity index (χ1v) is 3.68. The Hall–Kier alpha value is -0.150. The maximum absolute atomic E-state index is 5.44. The van der Waals surface area contributed by atoms with Crippen molar-refractivity contribution in [2.45, 2.75) is 5.88 Å². The zero-order valence-electron chi connectivity index (χ0n) is 4.51. The molecule has 48 valence electrons. The second-order valence-corrected chi connectivity index (χ2v) is 2.63. The van der Waals surface area contributed by atoms with Gasteiger partial charge in [-0.2, -0.15) is 0 Å². The summed E-state index contributed by atoms with van der Waals surface area (Å²) >= 11 is 8.65. The lowest BCUT2D eigenvalue weighted by molar-refractivity contribution is 1.02. The first kappa shape index (κ1) is 6.96. The van der Waals surface area contributed by atoms with Gasteiger partial charge in [-0.1, -0.05) is 0 Å². The first-order valence-electron chi connectivity index (χ1n) is 2.35. The van der Waals surface area contributed by atoms with Crippen LogP contribution in [0.4, 0.5) is 0 Å². The fraction of sp³-hybridized carbons (Fsp3) is 0.200. The van der Waals surface area contributed by atoms with E-state index in [1.807, 2.05) is 0 Å². The minimum Gasteiger partial charge on any atom is -0.239 e. The number of rotatable bonds is 1. The molecule has 1 heterocycles. The number of hydrogen-bond acceptors (Lipinski definition) is 2. The van der Waals surface area contributed by atoms with Crippen LogP contribution < -0.4 is 0 Å². The van der Waals surface area contributed by atoms with Crippen LogP contribution in [0.2, 0.25) is 0 Å². The molecule has 0 radical (unpaired) electrons. The Bertz CT molecular complexity index is 187. The van der Waals surface area contributed by atoms with Gasteiger partial charge in [0.1, 0.15) is 5.82 Å². The van der Waals surface area contributed by atoms with Crippen molar-refractivity contribution in [1.82, 2.24) is 9.97 Å². The van der Waals surface area contributed by atoms with Gasteiger partial charge < -0.3 is 0 Å². The van der Waals surface area contributed by atoms with E-state index < -0.39 is 0 Å². The molecule has 0 fully saturated rings. The third kappa shape index (κ3) is 1.91. The Balaban J connectivity index is 2.88. The predicted molar refractivity (Wildman–Crippen MR) is 39.3 cm³/mol. The fourth-order valence-corrected chi connectivity index (χ4v) is 0.751. The molecule has 0 saturated carbocycles. The average Bonchev–Trinajstić information content (AvgIpc) is 1.90. The van der Waals surface area contributed by atoms with Crippen LogP contribution in [0.3, 0.4) is 0 Å². The van der Waals surface area contributed by atoms with Gasteiger partial charge in [-0.25, -0.2) is 9.97 Å². The molecule has 0 bridgehead atoms. The van der Waals surface area contributed by atoms with Crippen molar-refractivity contribution in [2.24, 2.45) is 0 Å². The van der Waals surface area contributed by atoms with E-state index >= 15 is 0 Å². The molecule has 0 spiro atoms. The summed E-state index contributed by atoms with van der Waals surface area (Å²) in [5.41, 5.74) is 0. The van der Waals surface area contributed by atoms with E-state index in [1.54, 1.807) is 12.4 Å². The molecule has 0 aliphatic carbocycles. The van der Waals surface area contributed by atoms with Gasteiger partial charge in [0.15, 0.2) is 0 Å². The highest BCUT2D eigenvalue weighted by Crippen LogP contribution is 2.04. The minimum absolute atomic E-state index is 0.368. The second-order valence-electron chi connectivity index (χ2n) is 1.45. The van der Waals surface area contributed by atoms with Crippen LogP contribution in [0.25, 0.3) is 0 Å². The van der Waals surface area contributed by atoms with E-state index in [4.69, 9.17) is 11.6 Å². The summed E-state index contributed by atoms with van der Waals surface area (Å²) in [5, 5.41) is 0. The molecule has 1 rings (SSSR count). The molecule has 0 atom stereocenters. The first-order chi connectivity index (χ1) is 4.33. The molecule has 9 heavy (non-hydrogen) atoms. The highest BCUT2D eigenvalue weighted by Gasteiger charge is 1.90. The highest BCUT2D eigenvalue weighted by molar-refractivity contribution is 9.10. The fourth-order valence-electron chi connectivity index (χ4n) is 0.408. The number of alkyl halides is 1. The lowest BCUT2D eigenvalue weighted by Gasteiger charge is -1.90. The maximum Gasteiger partial charge on any atom is 0.143 e. The smallest absolute Gasteiger partial charge is 0.143 e. The van der Waals surface area contributed by atoms with Crippen molar-refractivity contribution in [3.8, 4) is 0 Å². The van der Waals surface area contributed by atoms with Crippen molar-refractivity contribution in [3.63, 3.8) is 0 Å². The van der Waals surface area contributed by atoms with Gasteiger partial charge in [0.25, 0.3) is 0 Å². The Morgan fingerprint density at radius 3 is 2.44 bits per heavy atom. The molecular formula is C5H4BrClN2. The van der Waals surface area contributed by atoms with Crippen LogP contribution in [-0.4, -0.2) is 9.97 Å². The third-order valence-corrected chi connectivity index (χ3v) is 1.44. The molecule has 2 nitrogen and oxygen atoms in total. The molecule has 4 heteroatoms. The summed E-state index contributed by atoms with van der Waals surface area (Å²) in [7, 11) is 0. The molecule has 1 aromatic rings. The topological polar surface area (TPSA) is 25.8 Å². The SMILES string of the molecule is ClCc1ncc(Br)cn1. The summed E-state index contributed by atoms with van der Waals surface area (Å²) in [6.45, 7) is 0. The minimum atomic E-state index is 0.368. The van der Waals surface area contributed by atoms with Gasteiger partial charge in [-0.3, -0.25) is 0 Å². The Kier molecular flexibility index (Phi) is 2.42. The summed E-state index contributed by atoms with van der Waals surface area (Å²) in [6, 6.07) is 0. The maximum atomic E-state index is 5.44. The van der Waals surface area contributed by atoms with E-state index in [0.29, 0.717) is 11.7 Å². The number of aromatic nitrogens is 2. The Morgan fingerprint density at radius 1 is 1.44 bits per heavy atom. The molecule has 1 aromatic heterocycles. The molecular weight excluding hydrogens is 203 g/mol. The standard InChI is InChI=1S/C5H4BrClN2/c6-4-2-8-5(1-7)9-3-4/h2-3H,1H2. The lowest BCUT2D eigenvalue weighted by atomic mass is 10.6. The van der Waals surface area contributed by atoms with E-state index in [0.717, 1.165) is 4.47 Å². The molecule has 0 unspecified atom stereocenters. The zero-order valence-corrected chi connectivity index (χ0v) is 6.85. The Morgan fingerprint density at radius 2 is 2.00 bits per heavy atom. The average molecular weight is 207 g/mol. The monoisotopic (exact) mass is 206 g/mol. The zero-order chi connectivity index (χ0) is 6.69. The lowest BCUT2D eigenvalue weighted by Crippen LogP contribution is -1.87. The van der Waals surface area contributed by atoms with E-state index in [2.05, 4.69) is 25.9 Å². The molecule has 0 amide bonds. The molecule has 0 aromatic carbocycles. The number of hydrogen-bond donors (Lipinski definition) is 0. The van der Waals surface area contributed by atoms with Crippen molar-refractivity contribution < 1.29 is 0 Å². The van der Waals surface area contributed by atoms with Gasteiger partial charge >= 0.3 is 0 Å². The van der Waals surface area contributed by atoms with Crippen molar-refractivity contribution in [3.05, 3.63) is 22.7 Å². The number of halogens is 2. The van der Waals surface area contributed by atoms with Gasteiger partial charge in [-0.05, 0) is 15.9 Å². The van der Waals surface area contributed by atoms with E-state index in [9.17, 15) is 0 Å². The second kappa shape index (κ2) is 3.13. The normalized spacial score (nSPS) is 9.56. The van der Waals surface area contributed by atoms with Crippen LogP contribution >= 0.6 is 27.5 Å². The van der Waals surface area contributed by atoms with E-state index in [1.165, 1.54) is 0 Å². The number of nitrogens with zero attached hydrogens (tertiary/aromatic N) is 2. The van der Waals surface area contributed by atoms with Crippen LogP contribution in [0.1, 0.15) is 5.82 Å². The van der Waals surface area contributed by atoms with Gasteiger partial charge in [0.2, 0.25) is 0 Å². The largest absolute Gasteiger partial charge is 0.239 e. The summed E-state index contributed by atoms with van der Waals surface area (Å²) in [5.74, 6) is 1.02. The van der Waals surface area contributed by atoms with Crippen LogP contribution in [-0.2, 0) is 5.88 Å². The van der Waals surface area contributed by atoms with Gasteiger partial charge in [0, 0.05) is 12.4 Å². The van der Waals surface area contributed by atoms with Crippen LogP contribution in [0.15, 0.2) is 16.9 Å². The van der Waals surface area contributed by atoms with Gasteiger partial charge in [-0.15, -0.1) is 11.6 Å². The summed E-state index contributed by atoms with van der Waals surface area (Å²) < 4.78 is 0.872. The highest BCUT2D eigenvalue weighted by atomic mass is 79.9. The summed E-state index contributed by atoms with van der Waals surface area (Å²) in [6.07, 6.45) is 3.34. The molecule has 0 aliphatic heterocycles. The quantitative estimate of drug-likeness (QED) is 0.658. The van der Waals surface area contributed by atoms with Crippen LogP contribution in [0.5, 0.6) is 0 Å². The predicted octanol–water partition coefficient (Wildman–Crippen LogP) is 1.98. The summed E-state index contributed by atoms with van der Waals surface area (Å²) in [4.78, 5) is 7.81. The van der Waals surface area contributed by atoms with Crippen molar-refractivity contribution in [1.29, 1.82) is 0 Å². The van der Waals surface area contributed by atoms with Gasteiger partial charge in [0.05, 0.1) is 10.4 Å². The molecule has 0 saturated heterocycles. The van der Waals surface area contributed by atoms with Crippen LogP contribution in [0, 0.1) is 0 Å². The third-order valence-electron chi connectivity index (χ3n) is 0.793. The Labute approximate surface area is 66.4 Å². The molecule has 0 N–H and O–H groups in total. The molecule has 0 aliphatic rings. The van der Waals surface area contributed by atoms with E-state index in [-0.39, 0.29) is 0 Å². The van der Waals surface area contributed by atoms with Crippen molar-refractivity contribution in [2.75, 3.05) is 0 Å². The van der Waals surface area contributed by atoms with Crippen molar-refractivity contribution >= 4 is 27.5 Å².